The number of hydrogen-bond acceptors (Lipinski definition) is 3. The first-order valence-electron chi connectivity index (χ1n) is 8.67. The molecule has 1 fully saturated rings. The first kappa shape index (κ1) is 15.0. The van der Waals surface area contributed by atoms with E-state index in [1.165, 1.54) is 49.8 Å². The maximum absolute atomic E-state index is 5.88. The van der Waals surface area contributed by atoms with Crippen LogP contribution < -0.4 is 5.32 Å². The Morgan fingerprint density at radius 1 is 1.38 bits per heavy atom. The molecule has 3 nitrogen and oxygen atoms in total. The minimum absolute atomic E-state index is 0.452. The molecule has 3 heteroatoms. The molecule has 116 valence electrons. The Morgan fingerprint density at radius 3 is 3.14 bits per heavy atom. The third kappa shape index (κ3) is 3.64. The minimum atomic E-state index is 0.452. The van der Waals surface area contributed by atoms with Crippen LogP contribution in [-0.4, -0.2) is 30.3 Å². The van der Waals surface area contributed by atoms with Crippen molar-refractivity contribution in [1.29, 1.82) is 0 Å². The molecule has 1 aromatic heterocycles. The summed E-state index contributed by atoms with van der Waals surface area (Å²) in [5, 5.41) is 3.79. The number of rotatable bonds is 6. The fraction of sp³-hybridized carbons (Fsp3) is 0.722. The van der Waals surface area contributed by atoms with Gasteiger partial charge in [-0.2, -0.15) is 0 Å². The molecule has 2 aliphatic rings. The molecule has 21 heavy (non-hydrogen) atoms. The summed E-state index contributed by atoms with van der Waals surface area (Å²) in [6.45, 7) is 4.28. The summed E-state index contributed by atoms with van der Waals surface area (Å²) in [5.41, 5.74) is 2.81. The lowest BCUT2D eigenvalue weighted by Crippen LogP contribution is -2.40. The summed E-state index contributed by atoms with van der Waals surface area (Å²) in [6.07, 6.45) is 10.9. The number of hydrogen-bond donors (Lipinski definition) is 1. The molecular weight excluding hydrogens is 260 g/mol. The molecular formula is C18H28N2O. The van der Waals surface area contributed by atoms with Crippen molar-refractivity contribution in [2.75, 3.05) is 13.2 Å². The third-order valence-electron chi connectivity index (χ3n) is 4.92. The van der Waals surface area contributed by atoms with Crippen molar-refractivity contribution in [2.45, 2.75) is 69.9 Å². The van der Waals surface area contributed by atoms with Gasteiger partial charge in [0.25, 0.3) is 0 Å². The molecule has 1 aliphatic heterocycles. The second-order valence-corrected chi connectivity index (χ2v) is 6.48. The Hall–Kier alpha value is -0.930. The summed E-state index contributed by atoms with van der Waals surface area (Å²) < 4.78 is 5.88. The van der Waals surface area contributed by atoms with Crippen molar-refractivity contribution < 1.29 is 4.74 Å². The first-order chi connectivity index (χ1) is 10.4. The van der Waals surface area contributed by atoms with Gasteiger partial charge in [0.05, 0.1) is 6.10 Å². The average molecular weight is 288 g/mol. The Bertz CT molecular complexity index is 443. The van der Waals surface area contributed by atoms with Crippen LogP contribution in [-0.2, 0) is 11.2 Å². The van der Waals surface area contributed by atoms with Crippen LogP contribution in [0, 0.1) is 0 Å². The second-order valence-electron chi connectivity index (χ2n) is 6.48. The molecule has 1 N–H and O–H groups in total. The SMILES string of the molecule is CCCNC(CC1CCCO1)C1CCCc2cccnc21. The van der Waals surface area contributed by atoms with E-state index < -0.39 is 0 Å². The van der Waals surface area contributed by atoms with Gasteiger partial charge in [0, 0.05) is 30.5 Å². The number of aromatic nitrogens is 1. The van der Waals surface area contributed by atoms with E-state index in [4.69, 9.17) is 9.72 Å². The highest BCUT2D eigenvalue weighted by Gasteiger charge is 2.31. The zero-order valence-electron chi connectivity index (χ0n) is 13.2. The molecule has 3 rings (SSSR count). The minimum Gasteiger partial charge on any atom is -0.378 e. The fourth-order valence-corrected chi connectivity index (χ4v) is 3.87. The van der Waals surface area contributed by atoms with Gasteiger partial charge in [-0.3, -0.25) is 4.98 Å². The van der Waals surface area contributed by atoms with Crippen molar-refractivity contribution in [3.8, 4) is 0 Å². The normalized spacial score (nSPS) is 26.5. The molecule has 3 atom stereocenters. The van der Waals surface area contributed by atoms with Gasteiger partial charge >= 0.3 is 0 Å². The highest BCUT2D eigenvalue weighted by molar-refractivity contribution is 5.27. The number of aryl methyl sites for hydroxylation is 1. The smallest absolute Gasteiger partial charge is 0.0591 e. The van der Waals surface area contributed by atoms with Crippen molar-refractivity contribution in [2.24, 2.45) is 0 Å². The molecule has 0 spiro atoms. The molecule has 0 bridgehead atoms. The molecule has 1 aromatic rings. The van der Waals surface area contributed by atoms with E-state index in [0.29, 0.717) is 18.1 Å². The third-order valence-corrected chi connectivity index (χ3v) is 4.92. The molecule has 2 heterocycles. The summed E-state index contributed by atoms with van der Waals surface area (Å²) in [7, 11) is 0. The molecule has 0 saturated carbocycles. The van der Waals surface area contributed by atoms with E-state index >= 15 is 0 Å². The quantitative estimate of drug-likeness (QED) is 0.870. The summed E-state index contributed by atoms with van der Waals surface area (Å²) >= 11 is 0. The molecule has 3 unspecified atom stereocenters. The molecule has 0 aromatic carbocycles. The number of ether oxygens (including phenoxy) is 1. The highest BCUT2D eigenvalue weighted by Crippen LogP contribution is 2.35. The lowest BCUT2D eigenvalue weighted by Gasteiger charge is -2.33. The van der Waals surface area contributed by atoms with E-state index in [2.05, 4.69) is 24.4 Å². The lowest BCUT2D eigenvalue weighted by molar-refractivity contribution is 0.0901. The maximum Gasteiger partial charge on any atom is 0.0591 e. The van der Waals surface area contributed by atoms with Crippen LogP contribution in [0.5, 0.6) is 0 Å². The van der Waals surface area contributed by atoms with Crippen LogP contribution in [0.3, 0.4) is 0 Å². The Kier molecular flexibility index (Phi) is 5.26. The van der Waals surface area contributed by atoms with Crippen LogP contribution in [0.1, 0.15) is 62.6 Å². The highest BCUT2D eigenvalue weighted by atomic mass is 16.5. The van der Waals surface area contributed by atoms with E-state index in [1.807, 2.05) is 6.20 Å². The van der Waals surface area contributed by atoms with Gasteiger partial charge in [0.2, 0.25) is 0 Å². The number of nitrogens with one attached hydrogen (secondary N) is 1. The van der Waals surface area contributed by atoms with Gasteiger partial charge in [-0.1, -0.05) is 13.0 Å². The molecule has 1 aliphatic carbocycles. The first-order valence-corrected chi connectivity index (χ1v) is 8.67. The summed E-state index contributed by atoms with van der Waals surface area (Å²) in [6, 6.07) is 4.86. The van der Waals surface area contributed by atoms with Crippen LogP contribution in [0.25, 0.3) is 0 Å². The van der Waals surface area contributed by atoms with Gasteiger partial charge in [0.15, 0.2) is 0 Å². The average Bonchev–Trinajstić information content (AvgIpc) is 3.04. The van der Waals surface area contributed by atoms with E-state index in [0.717, 1.165) is 19.6 Å². The van der Waals surface area contributed by atoms with Crippen molar-refractivity contribution in [3.63, 3.8) is 0 Å². The van der Waals surface area contributed by atoms with Crippen LogP contribution >= 0.6 is 0 Å². The number of pyridine rings is 1. The number of nitrogens with zero attached hydrogens (tertiary/aromatic N) is 1. The molecule has 1 saturated heterocycles. The van der Waals surface area contributed by atoms with Crippen molar-refractivity contribution in [3.05, 3.63) is 29.6 Å². The summed E-state index contributed by atoms with van der Waals surface area (Å²) in [5.74, 6) is 0.561. The van der Waals surface area contributed by atoms with Gasteiger partial charge in [-0.05, 0) is 63.1 Å². The maximum atomic E-state index is 5.88. The number of fused-ring (bicyclic) bond motifs is 1. The van der Waals surface area contributed by atoms with Crippen LogP contribution in [0.2, 0.25) is 0 Å². The molecule has 0 radical (unpaired) electrons. The van der Waals surface area contributed by atoms with Crippen LogP contribution in [0.15, 0.2) is 18.3 Å². The van der Waals surface area contributed by atoms with Gasteiger partial charge < -0.3 is 10.1 Å². The van der Waals surface area contributed by atoms with Crippen molar-refractivity contribution in [1.82, 2.24) is 10.3 Å². The Morgan fingerprint density at radius 2 is 2.33 bits per heavy atom. The molecule has 0 amide bonds. The van der Waals surface area contributed by atoms with Crippen molar-refractivity contribution >= 4 is 0 Å². The van der Waals surface area contributed by atoms with Gasteiger partial charge in [-0.15, -0.1) is 0 Å². The predicted octanol–water partition coefficient (Wildman–Crippen LogP) is 3.44. The van der Waals surface area contributed by atoms with E-state index in [9.17, 15) is 0 Å². The van der Waals surface area contributed by atoms with Crippen LogP contribution in [0.4, 0.5) is 0 Å². The zero-order valence-corrected chi connectivity index (χ0v) is 13.2. The topological polar surface area (TPSA) is 34.1 Å². The zero-order chi connectivity index (χ0) is 14.5. The van der Waals surface area contributed by atoms with Gasteiger partial charge in [0.1, 0.15) is 0 Å². The monoisotopic (exact) mass is 288 g/mol. The summed E-state index contributed by atoms with van der Waals surface area (Å²) in [4.78, 5) is 4.72. The Labute approximate surface area is 128 Å². The van der Waals surface area contributed by atoms with Gasteiger partial charge in [-0.25, -0.2) is 0 Å². The standard InChI is InChI=1S/C18H28N2O/c1-2-10-19-17(13-15-8-5-12-21-15)16-9-3-6-14-7-4-11-20-18(14)16/h4,7,11,15-17,19H,2-3,5-6,8-10,12-13H2,1H3. The largest absolute Gasteiger partial charge is 0.378 e. The van der Waals surface area contributed by atoms with E-state index in [-0.39, 0.29) is 0 Å². The second kappa shape index (κ2) is 7.37. The lowest BCUT2D eigenvalue weighted by atomic mass is 9.80. The van der Waals surface area contributed by atoms with E-state index in [1.54, 1.807) is 0 Å². The predicted molar refractivity (Wildman–Crippen MR) is 85.6 cm³/mol. The Balaban J connectivity index is 1.75. The fourth-order valence-electron chi connectivity index (χ4n) is 3.87.